The van der Waals surface area contributed by atoms with Crippen molar-refractivity contribution in [1.29, 1.82) is 0 Å². The van der Waals surface area contributed by atoms with Crippen LogP contribution in [0.3, 0.4) is 0 Å². The number of hydrogen-bond acceptors (Lipinski definition) is 3. The van der Waals surface area contributed by atoms with Gasteiger partial charge in [0.15, 0.2) is 0 Å². The molecule has 0 saturated heterocycles. The Labute approximate surface area is 154 Å². The molecular formula is C19H16BrN3O2. The highest BCUT2D eigenvalue weighted by atomic mass is 79.9. The summed E-state index contributed by atoms with van der Waals surface area (Å²) in [6.45, 7) is 0. The molecule has 0 radical (unpaired) electrons. The molecule has 5 nitrogen and oxygen atoms in total. The minimum atomic E-state index is -0.265. The smallest absolute Gasteiger partial charge is 0.272 e. The van der Waals surface area contributed by atoms with E-state index in [1.165, 1.54) is 0 Å². The van der Waals surface area contributed by atoms with E-state index >= 15 is 0 Å². The van der Waals surface area contributed by atoms with Crippen molar-refractivity contribution < 1.29 is 9.53 Å². The van der Waals surface area contributed by atoms with Crippen molar-refractivity contribution in [2.24, 2.45) is 5.10 Å². The molecule has 0 saturated carbocycles. The fourth-order valence-electron chi connectivity index (χ4n) is 2.28. The monoisotopic (exact) mass is 397 g/mol. The maximum Gasteiger partial charge on any atom is 0.272 e. The molecule has 0 aliphatic heterocycles. The molecule has 0 unspecified atom stereocenters. The van der Waals surface area contributed by atoms with Crippen molar-refractivity contribution >= 4 is 28.1 Å². The Morgan fingerprint density at radius 1 is 1.16 bits per heavy atom. The van der Waals surface area contributed by atoms with Gasteiger partial charge in [-0.15, -0.1) is 0 Å². The van der Waals surface area contributed by atoms with Crippen LogP contribution in [-0.2, 0) is 0 Å². The summed E-state index contributed by atoms with van der Waals surface area (Å²) in [7, 11) is 1.64. The molecule has 0 aliphatic rings. The Bertz CT molecular complexity index is 901. The van der Waals surface area contributed by atoms with Crippen molar-refractivity contribution in [2.75, 3.05) is 7.11 Å². The second-order valence-corrected chi connectivity index (χ2v) is 6.08. The van der Waals surface area contributed by atoms with Crippen LogP contribution < -0.4 is 10.2 Å². The molecule has 0 fully saturated rings. The molecule has 3 rings (SSSR count). The first-order chi connectivity index (χ1) is 12.2. The van der Waals surface area contributed by atoms with Gasteiger partial charge in [-0.2, -0.15) is 5.10 Å². The summed E-state index contributed by atoms with van der Waals surface area (Å²) in [6.07, 6.45) is 5.46. The zero-order valence-corrected chi connectivity index (χ0v) is 15.1. The molecule has 25 heavy (non-hydrogen) atoms. The minimum absolute atomic E-state index is 0.265. The Morgan fingerprint density at radius 2 is 1.92 bits per heavy atom. The Hall–Kier alpha value is -2.86. The second-order valence-electron chi connectivity index (χ2n) is 5.23. The van der Waals surface area contributed by atoms with Gasteiger partial charge in [0.1, 0.15) is 5.75 Å². The van der Waals surface area contributed by atoms with Crippen LogP contribution in [0, 0.1) is 0 Å². The number of carbonyl (C=O) groups is 1. The predicted octanol–water partition coefficient (Wildman–Crippen LogP) is 4.01. The van der Waals surface area contributed by atoms with Gasteiger partial charge in [-0.3, -0.25) is 4.79 Å². The standard InChI is InChI=1S/C19H16BrN3O2/c1-25-16-8-6-15(7-9-16)23-11-10-14(13-23)12-21-22-19(24)17-4-2-3-5-18(17)20/h2-13H,1H3,(H,22,24)/b21-12-. The van der Waals surface area contributed by atoms with Crippen LogP contribution in [0.2, 0.25) is 0 Å². The lowest BCUT2D eigenvalue weighted by molar-refractivity contribution is 0.0954. The number of halogens is 1. The van der Waals surface area contributed by atoms with E-state index in [9.17, 15) is 4.79 Å². The SMILES string of the molecule is COc1ccc(-n2ccc(/C=N\NC(=O)c3ccccc3Br)c2)cc1. The van der Waals surface area contributed by atoms with Crippen LogP contribution in [0.1, 0.15) is 15.9 Å². The number of nitrogens with one attached hydrogen (secondary N) is 1. The molecule has 2 aromatic carbocycles. The fraction of sp³-hybridized carbons (Fsp3) is 0.0526. The second kappa shape index (κ2) is 7.81. The van der Waals surface area contributed by atoms with Crippen molar-refractivity contribution in [2.45, 2.75) is 0 Å². The Morgan fingerprint density at radius 3 is 2.64 bits per heavy atom. The first-order valence-corrected chi connectivity index (χ1v) is 8.37. The van der Waals surface area contributed by atoms with Crippen LogP contribution in [0.5, 0.6) is 5.75 Å². The molecular weight excluding hydrogens is 382 g/mol. The van der Waals surface area contributed by atoms with Gasteiger partial charge < -0.3 is 9.30 Å². The number of carbonyl (C=O) groups excluding carboxylic acids is 1. The van der Waals surface area contributed by atoms with Crippen molar-refractivity contribution in [3.05, 3.63) is 82.6 Å². The molecule has 6 heteroatoms. The molecule has 0 spiro atoms. The highest BCUT2D eigenvalue weighted by Gasteiger charge is 2.07. The molecule has 3 aromatic rings. The summed E-state index contributed by atoms with van der Waals surface area (Å²) in [6, 6.07) is 16.9. The van der Waals surface area contributed by atoms with E-state index in [1.807, 2.05) is 59.4 Å². The number of hydrogen-bond donors (Lipinski definition) is 1. The third-order valence-electron chi connectivity index (χ3n) is 3.58. The van der Waals surface area contributed by atoms with Gasteiger partial charge in [0.05, 0.1) is 18.9 Å². The Balaban J connectivity index is 1.65. The quantitative estimate of drug-likeness (QED) is 0.522. The van der Waals surface area contributed by atoms with Gasteiger partial charge in [-0.1, -0.05) is 12.1 Å². The van der Waals surface area contributed by atoms with Crippen LogP contribution >= 0.6 is 15.9 Å². The first-order valence-electron chi connectivity index (χ1n) is 7.58. The molecule has 1 N–H and O–H groups in total. The zero-order chi connectivity index (χ0) is 17.6. The normalized spacial score (nSPS) is 10.8. The average molecular weight is 398 g/mol. The number of benzene rings is 2. The van der Waals surface area contributed by atoms with Gasteiger partial charge in [-0.05, 0) is 58.4 Å². The van der Waals surface area contributed by atoms with Crippen molar-refractivity contribution in [3.63, 3.8) is 0 Å². The maximum absolute atomic E-state index is 12.1. The van der Waals surface area contributed by atoms with Gasteiger partial charge in [0.2, 0.25) is 0 Å². The van der Waals surface area contributed by atoms with Crippen molar-refractivity contribution in [1.82, 2.24) is 9.99 Å². The topological polar surface area (TPSA) is 55.6 Å². The van der Waals surface area contributed by atoms with Crippen molar-refractivity contribution in [3.8, 4) is 11.4 Å². The summed E-state index contributed by atoms with van der Waals surface area (Å²) < 4.78 is 7.86. The maximum atomic E-state index is 12.1. The summed E-state index contributed by atoms with van der Waals surface area (Å²) >= 11 is 3.35. The fourth-order valence-corrected chi connectivity index (χ4v) is 2.74. The molecule has 1 amide bonds. The molecule has 126 valence electrons. The highest BCUT2D eigenvalue weighted by molar-refractivity contribution is 9.10. The number of amides is 1. The number of hydrazone groups is 1. The summed E-state index contributed by atoms with van der Waals surface area (Å²) in [5.74, 6) is 0.547. The number of rotatable bonds is 5. The van der Waals surface area contributed by atoms with E-state index in [2.05, 4.69) is 26.5 Å². The van der Waals surface area contributed by atoms with Crippen LogP contribution in [-0.4, -0.2) is 23.8 Å². The largest absolute Gasteiger partial charge is 0.497 e. The number of nitrogens with zero attached hydrogens (tertiary/aromatic N) is 2. The van der Waals surface area contributed by atoms with Gasteiger partial charge in [0, 0.05) is 28.1 Å². The van der Waals surface area contributed by atoms with E-state index in [0.717, 1.165) is 21.5 Å². The lowest BCUT2D eigenvalue weighted by atomic mass is 10.2. The van der Waals surface area contributed by atoms with E-state index in [-0.39, 0.29) is 5.91 Å². The van der Waals surface area contributed by atoms with E-state index in [4.69, 9.17) is 4.74 Å². The number of ether oxygens (including phenoxy) is 1. The molecule has 1 heterocycles. The highest BCUT2D eigenvalue weighted by Crippen LogP contribution is 2.16. The third-order valence-corrected chi connectivity index (χ3v) is 4.28. The summed E-state index contributed by atoms with van der Waals surface area (Å²) in [4.78, 5) is 12.1. The lowest BCUT2D eigenvalue weighted by Crippen LogP contribution is -2.17. The molecule has 0 atom stereocenters. The lowest BCUT2D eigenvalue weighted by Gasteiger charge is -2.04. The molecule has 0 bridgehead atoms. The van der Waals surface area contributed by atoms with E-state index in [0.29, 0.717) is 5.56 Å². The zero-order valence-electron chi connectivity index (χ0n) is 13.5. The summed E-state index contributed by atoms with van der Waals surface area (Å²) in [5, 5.41) is 4.01. The number of methoxy groups -OCH3 is 1. The van der Waals surface area contributed by atoms with E-state index < -0.39 is 0 Å². The minimum Gasteiger partial charge on any atom is -0.497 e. The number of aromatic nitrogens is 1. The molecule has 1 aromatic heterocycles. The summed E-state index contributed by atoms with van der Waals surface area (Å²) in [5.41, 5.74) is 4.95. The average Bonchev–Trinajstić information content (AvgIpc) is 3.11. The molecule has 0 aliphatic carbocycles. The van der Waals surface area contributed by atoms with Crippen LogP contribution in [0.4, 0.5) is 0 Å². The Kier molecular flexibility index (Phi) is 5.30. The first kappa shape index (κ1) is 17.0. The van der Waals surface area contributed by atoms with Crippen LogP contribution in [0.15, 0.2) is 76.6 Å². The van der Waals surface area contributed by atoms with Gasteiger partial charge in [-0.25, -0.2) is 5.43 Å². The van der Waals surface area contributed by atoms with E-state index in [1.54, 1.807) is 25.5 Å². The van der Waals surface area contributed by atoms with Gasteiger partial charge >= 0.3 is 0 Å². The van der Waals surface area contributed by atoms with Crippen LogP contribution in [0.25, 0.3) is 5.69 Å². The van der Waals surface area contributed by atoms with Gasteiger partial charge in [0.25, 0.3) is 5.91 Å². The third kappa shape index (κ3) is 4.16. The predicted molar refractivity (Wildman–Crippen MR) is 102 cm³/mol.